The van der Waals surface area contributed by atoms with E-state index < -0.39 is 23.3 Å². The van der Waals surface area contributed by atoms with Gasteiger partial charge < -0.3 is 4.74 Å². The fourth-order valence-corrected chi connectivity index (χ4v) is 10.8. The SMILES string of the molecule is CC[C@H]1CC[C@H](C2(c3ccc(COCc4ccc(C5([C@H]6CC[C@H](CC)CC6)CCCCC5)c(F)c4F)c(F)c3F)CCCCC2)CC1. The average molecular weight is 655 g/mol. The molecule has 0 aromatic heterocycles. The molecule has 2 aromatic carbocycles. The van der Waals surface area contributed by atoms with Crippen molar-refractivity contribution >= 4 is 0 Å². The number of halogens is 4. The van der Waals surface area contributed by atoms with Crippen molar-refractivity contribution in [3.8, 4) is 0 Å². The highest BCUT2D eigenvalue weighted by Crippen LogP contribution is 2.53. The Morgan fingerprint density at radius 1 is 0.511 bits per heavy atom. The van der Waals surface area contributed by atoms with Gasteiger partial charge in [-0.3, -0.25) is 0 Å². The van der Waals surface area contributed by atoms with Crippen LogP contribution < -0.4 is 0 Å². The summed E-state index contributed by atoms with van der Waals surface area (Å²) in [7, 11) is 0. The molecule has 0 N–H and O–H groups in total. The van der Waals surface area contributed by atoms with Gasteiger partial charge in [-0.15, -0.1) is 0 Å². The van der Waals surface area contributed by atoms with E-state index in [0.717, 1.165) is 102 Å². The molecule has 0 bridgehead atoms. The fraction of sp³-hybridized carbons (Fsp3) is 0.714. The van der Waals surface area contributed by atoms with Crippen LogP contribution >= 0.6 is 0 Å². The topological polar surface area (TPSA) is 9.23 Å². The first-order chi connectivity index (χ1) is 22.8. The van der Waals surface area contributed by atoms with Gasteiger partial charge in [0.1, 0.15) is 0 Å². The van der Waals surface area contributed by atoms with Crippen molar-refractivity contribution < 1.29 is 22.3 Å². The van der Waals surface area contributed by atoms with Gasteiger partial charge in [0.05, 0.1) is 13.2 Å². The maximum Gasteiger partial charge on any atom is 0.164 e. The summed E-state index contributed by atoms with van der Waals surface area (Å²) in [5, 5.41) is 0. The quantitative estimate of drug-likeness (QED) is 0.232. The van der Waals surface area contributed by atoms with Crippen LogP contribution in [0.3, 0.4) is 0 Å². The standard InChI is InChI=1S/C42H58F4O/c1-3-29-11-17-33(18-12-29)41(23-7-5-8-24-41)35-21-15-31(37(43)39(35)45)27-47-28-32-16-22-36(40(46)38(32)44)42(25-9-6-10-26-42)34-19-13-30(4-2)14-20-34/h15-16,21-22,29-30,33-34H,3-14,17-20,23-28H2,1-2H3/t29-,30-,33-,34-. The van der Waals surface area contributed by atoms with Gasteiger partial charge >= 0.3 is 0 Å². The Balaban J connectivity index is 1.16. The van der Waals surface area contributed by atoms with E-state index in [0.29, 0.717) is 23.0 Å². The Morgan fingerprint density at radius 3 is 1.21 bits per heavy atom. The summed E-state index contributed by atoms with van der Waals surface area (Å²) in [6, 6.07) is 6.95. The molecule has 0 heterocycles. The molecule has 0 atom stereocenters. The maximum absolute atomic E-state index is 16.0. The van der Waals surface area contributed by atoms with E-state index in [1.807, 2.05) is 0 Å². The zero-order valence-corrected chi connectivity index (χ0v) is 29.1. The van der Waals surface area contributed by atoms with Gasteiger partial charge in [-0.25, -0.2) is 17.6 Å². The minimum Gasteiger partial charge on any atom is -0.372 e. The van der Waals surface area contributed by atoms with Crippen molar-refractivity contribution in [1.82, 2.24) is 0 Å². The smallest absolute Gasteiger partial charge is 0.164 e. The third kappa shape index (κ3) is 6.95. The van der Waals surface area contributed by atoms with Crippen LogP contribution in [0.1, 0.15) is 165 Å². The molecular weight excluding hydrogens is 596 g/mol. The van der Waals surface area contributed by atoms with Crippen LogP contribution in [0, 0.1) is 46.9 Å². The van der Waals surface area contributed by atoms with Crippen LogP contribution in [-0.2, 0) is 28.8 Å². The Labute approximate surface area is 281 Å². The Bertz CT molecular complexity index is 1220. The van der Waals surface area contributed by atoms with E-state index in [1.54, 1.807) is 24.3 Å². The van der Waals surface area contributed by atoms with Crippen molar-refractivity contribution in [2.24, 2.45) is 23.7 Å². The molecule has 0 aliphatic heterocycles. The summed E-state index contributed by atoms with van der Waals surface area (Å²) in [6.07, 6.45) is 21.7. The number of rotatable bonds is 10. The van der Waals surface area contributed by atoms with Crippen LogP contribution in [0.25, 0.3) is 0 Å². The second-order valence-electron chi connectivity index (χ2n) is 16.0. The van der Waals surface area contributed by atoms with E-state index in [4.69, 9.17) is 4.74 Å². The number of benzene rings is 2. The average Bonchev–Trinajstić information content (AvgIpc) is 3.12. The van der Waals surface area contributed by atoms with Crippen LogP contribution in [0.4, 0.5) is 17.6 Å². The molecule has 0 saturated heterocycles. The van der Waals surface area contributed by atoms with E-state index >= 15 is 17.6 Å². The molecule has 0 amide bonds. The van der Waals surface area contributed by atoms with E-state index in [2.05, 4.69) is 13.8 Å². The molecule has 6 rings (SSSR count). The largest absolute Gasteiger partial charge is 0.372 e. The molecule has 0 spiro atoms. The second kappa shape index (κ2) is 15.3. The first kappa shape index (κ1) is 35.0. The summed E-state index contributed by atoms with van der Waals surface area (Å²) in [6.45, 7) is 4.13. The monoisotopic (exact) mass is 654 g/mol. The first-order valence-corrected chi connectivity index (χ1v) is 19.4. The lowest BCUT2D eigenvalue weighted by Crippen LogP contribution is -2.40. The zero-order chi connectivity index (χ0) is 33.0. The van der Waals surface area contributed by atoms with E-state index in [-0.39, 0.29) is 35.2 Å². The maximum atomic E-state index is 16.0. The predicted molar refractivity (Wildman–Crippen MR) is 182 cm³/mol. The number of hydrogen-bond acceptors (Lipinski definition) is 1. The Kier molecular flexibility index (Phi) is 11.4. The van der Waals surface area contributed by atoms with Crippen molar-refractivity contribution in [2.75, 3.05) is 0 Å². The molecular formula is C42H58F4O. The van der Waals surface area contributed by atoms with Gasteiger partial charge in [0, 0.05) is 22.0 Å². The molecule has 260 valence electrons. The third-order valence-electron chi connectivity index (χ3n) is 13.8. The summed E-state index contributed by atoms with van der Waals surface area (Å²) in [4.78, 5) is 0. The Morgan fingerprint density at radius 2 is 0.872 bits per heavy atom. The van der Waals surface area contributed by atoms with Crippen LogP contribution in [-0.4, -0.2) is 0 Å². The van der Waals surface area contributed by atoms with Crippen molar-refractivity contribution in [1.29, 1.82) is 0 Å². The van der Waals surface area contributed by atoms with Gasteiger partial charge in [0.15, 0.2) is 23.3 Å². The predicted octanol–water partition coefficient (Wildman–Crippen LogP) is 12.8. The van der Waals surface area contributed by atoms with Gasteiger partial charge in [-0.2, -0.15) is 0 Å². The minimum absolute atomic E-state index is 0.133. The van der Waals surface area contributed by atoms with Gasteiger partial charge in [-0.05, 0) is 86.2 Å². The van der Waals surface area contributed by atoms with Crippen LogP contribution in [0.15, 0.2) is 24.3 Å². The normalized spacial score (nSPS) is 27.9. The van der Waals surface area contributed by atoms with Gasteiger partial charge in [-0.1, -0.05) is 115 Å². The van der Waals surface area contributed by atoms with Crippen molar-refractivity contribution in [3.05, 3.63) is 69.8 Å². The molecule has 4 aliphatic rings. The lowest BCUT2D eigenvalue weighted by molar-refractivity contribution is 0.0996. The molecule has 5 heteroatoms. The molecule has 2 aromatic rings. The van der Waals surface area contributed by atoms with Gasteiger partial charge in [0.25, 0.3) is 0 Å². The highest BCUT2D eigenvalue weighted by molar-refractivity contribution is 5.35. The van der Waals surface area contributed by atoms with E-state index in [1.165, 1.54) is 38.5 Å². The highest BCUT2D eigenvalue weighted by Gasteiger charge is 2.46. The molecule has 1 nitrogen and oxygen atoms in total. The Hall–Kier alpha value is -1.88. The fourth-order valence-electron chi connectivity index (χ4n) is 10.8. The molecule has 0 unspecified atom stereocenters. The van der Waals surface area contributed by atoms with E-state index in [9.17, 15) is 0 Å². The molecule has 4 aliphatic carbocycles. The van der Waals surface area contributed by atoms with Crippen LogP contribution in [0.5, 0.6) is 0 Å². The summed E-state index contributed by atoms with van der Waals surface area (Å²) in [5.41, 5.74) is 0.758. The molecule has 4 fully saturated rings. The third-order valence-corrected chi connectivity index (χ3v) is 13.8. The molecule has 0 radical (unpaired) electrons. The first-order valence-electron chi connectivity index (χ1n) is 19.4. The number of ether oxygens (including phenoxy) is 1. The summed E-state index contributed by atoms with van der Waals surface area (Å²) in [5.74, 6) is -0.899. The lowest BCUT2D eigenvalue weighted by atomic mass is 9.57. The molecule has 47 heavy (non-hydrogen) atoms. The second-order valence-corrected chi connectivity index (χ2v) is 16.0. The number of hydrogen-bond donors (Lipinski definition) is 0. The van der Waals surface area contributed by atoms with Crippen molar-refractivity contribution in [3.63, 3.8) is 0 Å². The molecule has 4 saturated carbocycles. The lowest BCUT2D eigenvalue weighted by Gasteiger charge is -2.47. The zero-order valence-electron chi connectivity index (χ0n) is 29.1. The van der Waals surface area contributed by atoms with Crippen molar-refractivity contribution in [2.45, 2.75) is 166 Å². The van der Waals surface area contributed by atoms with Crippen LogP contribution in [0.2, 0.25) is 0 Å². The highest BCUT2D eigenvalue weighted by atomic mass is 19.2. The van der Waals surface area contributed by atoms with Gasteiger partial charge in [0.2, 0.25) is 0 Å². The minimum atomic E-state index is -0.853. The summed E-state index contributed by atoms with van der Waals surface area (Å²) >= 11 is 0. The summed E-state index contributed by atoms with van der Waals surface area (Å²) < 4.78 is 69.1.